The van der Waals surface area contributed by atoms with Crippen LogP contribution in [0.2, 0.25) is 0 Å². The van der Waals surface area contributed by atoms with Crippen LogP contribution in [0.1, 0.15) is 63.9 Å². The number of methoxy groups -OCH3 is 1. The maximum Gasteiger partial charge on any atom is 0.161 e. The average Bonchev–Trinajstić information content (AvgIpc) is 3.14. The predicted molar refractivity (Wildman–Crippen MR) is 122 cm³/mol. The Kier molecular flexibility index (Phi) is 4.81. The van der Waals surface area contributed by atoms with Crippen molar-refractivity contribution in [3.8, 4) is 11.5 Å². The molecule has 3 nitrogen and oxygen atoms in total. The summed E-state index contributed by atoms with van der Waals surface area (Å²) in [6.45, 7) is 2.29. The van der Waals surface area contributed by atoms with Gasteiger partial charge in [-0.3, -0.25) is 4.99 Å². The van der Waals surface area contributed by atoms with Crippen LogP contribution in [0.4, 0.5) is 0 Å². The number of nitrogens with zero attached hydrogens (tertiary/aromatic N) is 1. The van der Waals surface area contributed by atoms with Gasteiger partial charge in [-0.2, -0.15) is 12.6 Å². The van der Waals surface area contributed by atoms with Gasteiger partial charge in [-0.05, 0) is 74.3 Å². The highest BCUT2D eigenvalue weighted by Crippen LogP contribution is 2.72. The number of benzene rings is 1. The molecule has 3 atom stereocenters. The zero-order chi connectivity index (χ0) is 20.1. The van der Waals surface area contributed by atoms with E-state index in [1.54, 1.807) is 7.11 Å². The van der Waals surface area contributed by atoms with E-state index in [0.29, 0.717) is 12.0 Å². The van der Waals surface area contributed by atoms with Crippen LogP contribution in [0.25, 0.3) is 5.57 Å². The molecule has 0 radical (unpaired) electrons. The Morgan fingerprint density at radius 3 is 2.76 bits per heavy atom. The van der Waals surface area contributed by atoms with Gasteiger partial charge in [0.1, 0.15) is 0 Å². The molecule has 1 aromatic carbocycles. The highest BCUT2D eigenvalue weighted by Gasteiger charge is 2.67. The van der Waals surface area contributed by atoms with E-state index in [0.717, 1.165) is 43.6 Å². The molecule has 3 aliphatic carbocycles. The highest BCUT2D eigenvalue weighted by molar-refractivity contribution is 7.82. The normalized spacial score (nSPS) is 33.3. The van der Waals surface area contributed by atoms with Crippen LogP contribution in [0.5, 0.6) is 11.5 Å². The Morgan fingerprint density at radius 1 is 1.17 bits per heavy atom. The van der Waals surface area contributed by atoms with Gasteiger partial charge in [0.2, 0.25) is 0 Å². The largest absolute Gasteiger partial charge is 0.493 e. The second-order valence-corrected chi connectivity index (χ2v) is 10.0. The minimum Gasteiger partial charge on any atom is -0.493 e. The van der Waals surface area contributed by atoms with Crippen LogP contribution in [0.15, 0.2) is 41.5 Å². The zero-order valence-electron chi connectivity index (χ0n) is 17.5. The van der Waals surface area contributed by atoms with Crippen LogP contribution >= 0.6 is 12.6 Å². The maximum absolute atomic E-state index is 6.33. The number of allylic oxidation sites excluding steroid dienone is 3. The molecule has 0 spiro atoms. The summed E-state index contributed by atoms with van der Waals surface area (Å²) in [7, 11) is 1.74. The van der Waals surface area contributed by atoms with E-state index in [1.165, 1.54) is 36.1 Å². The number of fused-ring (bicyclic) bond motifs is 2. The van der Waals surface area contributed by atoms with Crippen molar-refractivity contribution < 1.29 is 9.47 Å². The molecule has 0 aromatic heterocycles. The molecule has 0 bridgehead atoms. The van der Waals surface area contributed by atoms with E-state index < -0.39 is 0 Å². The van der Waals surface area contributed by atoms with Gasteiger partial charge >= 0.3 is 0 Å². The lowest BCUT2D eigenvalue weighted by Gasteiger charge is -2.26. The lowest BCUT2D eigenvalue weighted by atomic mass is 9.85. The number of thiol groups is 1. The first-order chi connectivity index (χ1) is 14.1. The van der Waals surface area contributed by atoms with Gasteiger partial charge in [0.25, 0.3) is 0 Å². The summed E-state index contributed by atoms with van der Waals surface area (Å²) >= 11 is 5.19. The lowest BCUT2D eigenvalue weighted by Crippen LogP contribution is -2.20. The second kappa shape index (κ2) is 7.23. The monoisotopic (exact) mass is 409 g/mol. The van der Waals surface area contributed by atoms with Crippen LogP contribution < -0.4 is 9.47 Å². The van der Waals surface area contributed by atoms with Crippen molar-refractivity contribution in [2.24, 2.45) is 16.3 Å². The van der Waals surface area contributed by atoms with Crippen molar-refractivity contribution in [2.45, 2.75) is 69.1 Å². The Morgan fingerprint density at radius 2 is 2.00 bits per heavy atom. The highest BCUT2D eigenvalue weighted by atomic mass is 32.1. The van der Waals surface area contributed by atoms with E-state index in [9.17, 15) is 0 Å². The molecule has 5 rings (SSSR count). The number of rotatable bonds is 5. The minimum absolute atomic E-state index is 0.0503. The van der Waals surface area contributed by atoms with Gasteiger partial charge in [0.15, 0.2) is 11.5 Å². The molecular formula is C25H31NO2S. The first-order valence-electron chi connectivity index (χ1n) is 11.1. The quantitative estimate of drug-likeness (QED) is 0.583. The van der Waals surface area contributed by atoms with Crippen molar-refractivity contribution in [3.05, 3.63) is 42.1 Å². The molecule has 0 amide bonds. The molecule has 154 valence electrons. The Labute approximate surface area is 179 Å². The summed E-state index contributed by atoms with van der Waals surface area (Å²) in [5.41, 5.74) is 3.87. The molecule has 1 heterocycles. The summed E-state index contributed by atoms with van der Waals surface area (Å²) in [4.78, 5) is 4.65. The van der Waals surface area contributed by atoms with Gasteiger partial charge < -0.3 is 9.47 Å². The maximum atomic E-state index is 6.33. The van der Waals surface area contributed by atoms with Gasteiger partial charge in [-0.25, -0.2) is 0 Å². The van der Waals surface area contributed by atoms with Crippen LogP contribution in [-0.2, 0) is 0 Å². The van der Waals surface area contributed by atoms with Crippen molar-refractivity contribution in [3.63, 3.8) is 0 Å². The van der Waals surface area contributed by atoms with Gasteiger partial charge in [0, 0.05) is 28.0 Å². The van der Waals surface area contributed by atoms with Crippen LogP contribution in [0, 0.1) is 11.3 Å². The molecule has 4 heteroatoms. The fourth-order valence-electron chi connectivity index (χ4n) is 5.76. The average molecular weight is 410 g/mol. The first-order valence-corrected chi connectivity index (χ1v) is 11.6. The van der Waals surface area contributed by atoms with Crippen LogP contribution in [-0.4, -0.2) is 23.7 Å². The number of ether oxygens (including phenoxy) is 2. The Balaban J connectivity index is 1.50. The summed E-state index contributed by atoms with van der Waals surface area (Å²) in [5.74, 6) is 2.10. The first kappa shape index (κ1) is 19.3. The Bertz CT molecular complexity index is 898. The van der Waals surface area contributed by atoms with E-state index in [-0.39, 0.29) is 10.2 Å². The number of aliphatic imine (C=N–C) groups is 1. The number of hydrogen-bond acceptors (Lipinski definition) is 4. The van der Waals surface area contributed by atoms with Crippen molar-refractivity contribution in [1.29, 1.82) is 0 Å². The van der Waals surface area contributed by atoms with E-state index >= 15 is 0 Å². The standard InChI is InChI=1S/C25H31NO2S/c1-3-24-16-25(24,29)15-18-11-12-26-21(18)14-20(24)17-9-10-22(23(13-17)27-2)28-19-7-5-4-6-8-19/h9-14,18-19,29H,3-8,15-16H2,1-2H3. The molecule has 2 fully saturated rings. The Hall–Kier alpha value is -1.68. The zero-order valence-corrected chi connectivity index (χ0v) is 18.4. The molecule has 0 N–H and O–H groups in total. The molecular weight excluding hydrogens is 378 g/mol. The molecule has 1 aliphatic heterocycles. The van der Waals surface area contributed by atoms with Gasteiger partial charge in [-0.1, -0.05) is 25.5 Å². The van der Waals surface area contributed by atoms with Crippen molar-refractivity contribution >= 4 is 23.9 Å². The van der Waals surface area contributed by atoms with Gasteiger partial charge in [-0.15, -0.1) is 0 Å². The lowest BCUT2D eigenvalue weighted by molar-refractivity contribution is 0.149. The molecule has 2 saturated carbocycles. The van der Waals surface area contributed by atoms with E-state index in [2.05, 4.69) is 42.3 Å². The summed E-state index contributed by atoms with van der Waals surface area (Å²) in [5, 5.41) is 0. The fraction of sp³-hybridized carbons (Fsp3) is 0.560. The van der Waals surface area contributed by atoms with E-state index in [1.807, 2.05) is 6.20 Å². The SMILES string of the molecule is CCC12CC1(S)CC1C=CN=C1C=C2c1ccc(OC2CCCCC2)c(OC)c1. The second-order valence-electron chi connectivity index (χ2n) is 9.15. The summed E-state index contributed by atoms with van der Waals surface area (Å²) in [6.07, 6.45) is 16.3. The minimum atomic E-state index is 0.0503. The summed E-state index contributed by atoms with van der Waals surface area (Å²) < 4.78 is 12.1. The number of hydrogen-bond donors (Lipinski definition) is 1. The fourth-order valence-corrected chi connectivity index (χ4v) is 6.51. The third-order valence-corrected chi connectivity index (χ3v) is 8.34. The predicted octanol–water partition coefficient (Wildman–Crippen LogP) is 6.25. The molecule has 0 saturated heterocycles. The summed E-state index contributed by atoms with van der Waals surface area (Å²) in [6, 6.07) is 6.48. The third kappa shape index (κ3) is 3.15. The molecule has 29 heavy (non-hydrogen) atoms. The molecule has 4 aliphatic rings. The van der Waals surface area contributed by atoms with E-state index in [4.69, 9.17) is 22.1 Å². The van der Waals surface area contributed by atoms with Gasteiger partial charge in [0.05, 0.1) is 13.2 Å². The third-order valence-electron chi connectivity index (χ3n) is 7.57. The topological polar surface area (TPSA) is 30.8 Å². The molecule has 1 aromatic rings. The molecule has 3 unspecified atom stereocenters. The van der Waals surface area contributed by atoms with Crippen molar-refractivity contribution in [2.75, 3.05) is 7.11 Å². The smallest absolute Gasteiger partial charge is 0.161 e. The van der Waals surface area contributed by atoms with Crippen molar-refractivity contribution in [1.82, 2.24) is 0 Å². The van der Waals surface area contributed by atoms with Crippen LogP contribution in [0.3, 0.4) is 0 Å².